The Hall–Kier alpha value is -0.420. The third kappa shape index (κ3) is 5.96. The fourth-order valence-electron chi connectivity index (χ4n) is 1.63. The van der Waals surface area contributed by atoms with E-state index in [1.807, 2.05) is 12.1 Å². The van der Waals surface area contributed by atoms with Gasteiger partial charge < -0.3 is 14.8 Å². The molecule has 1 unspecified atom stereocenters. The van der Waals surface area contributed by atoms with E-state index in [0.29, 0.717) is 13.2 Å². The molecule has 3 nitrogen and oxygen atoms in total. The van der Waals surface area contributed by atoms with Gasteiger partial charge in [-0.25, -0.2) is 0 Å². The van der Waals surface area contributed by atoms with Crippen LogP contribution in [0.5, 0.6) is 0 Å². The molecular formula is C14H22BrNO2. The van der Waals surface area contributed by atoms with Gasteiger partial charge in [0.2, 0.25) is 0 Å². The van der Waals surface area contributed by atoms with Crippen molar-refractivity contribution in [2.75, 3.05) is 33.4 Å². The SMILES string of the molecule is CCCNCC(OCCOC)c1ccc(Br)cc1. The molecule has 0 aromatic heterocycles. The molecule has 0 heterocycles. The first kappa shape index (κ1) is 15.6. The maximum atomic E-state index is 5.85. The van der Waals surface area contributed by atoms with Crippen molar-refractivity contribution in [3.63, 3.8) is 0 Å². The monoisotopic (exact) mass is 315 g/mol. The number of ether oxygens (including phenoxy) is 2. The van der Waals surface area contributed by atoms with Crippen molar-refractivity contribution < 1.29 is 9.47 Å². The van der Waals surface area contributed by atoms with Gasteiger partial charge in [-0.3, -0.25) is 0 Å². The number of hydrogen-bond acceptors (Lipinski definition) is 3. The van der Waals surface area contributed by atoms with Crippen molar-refractivity contribution in [2.24, 2.45) is 0 Å². The Morgan fingerprint density at radius 1 is 1.22 bits per heavy atom. The molecule has 0 saturated heterocycles. The molecule has 0 saturated carbocycles. The molecule has 0 aliphatic rings. The first-order valence-corrected chi connectivity index (χ1v) is 7.14. The lowest BCUT2D eigenvalue weighted by molar-refractivity contribution is 0.0167. The van der Waals surface area contributed by atoms with E-state index in [9.17, 15) is 0 Å². The Balaban J connectivity index is 2.54. The average Bonchev–Trinajstić information content (AvgIpc) is 2.38. The summed E-state index contributed by atoms with van der Waals surface area (Å²) >= 11 is 3.45. The maximum Gasteiger partial charge on any atom is 0.0950 e. The van der Waals surface area contributed by atoms with E-state index in [2.05, 4.69) is 40.3 Å². The van der Waals surface area contributed by atoms with E-state index < -0.39 is 0 Å². The van der Waals surface area contributed by atoms with Crippen LogP contribution in [0, 0.1) is 0 Å². The fourth-order valence-corrected chi connectivity index (χ4v) is 1.90. The Bertz CT molecular complexity index is 306. The molecule has 1 atom stereocenters. The first-order valence-electron chi connectivity index (χ1n) is 6.34. The van der Waals surface area contributed by atoms with Gasteiger partial charge in [0.15, 0.2) is 0 Å². The molecule has 18 heavy (non-hydrogen) atoms. The molecule has 102 valence electrons. The fraction of sp³-hybridized carbons (Fsp3) is 0.571. The first-order chi connectivity index (χ1) is 8.77. The van der Waals surface area contributed by atoms with E-state index in [-0.39, 0.29) is 6.10 Å². The Kier molecular flexibility index (Phi) is 8.25. The van der Waals surface area contributed by atoms with Gasteiger partial charge in [0.05, 0.1) is 19.3 Å². The van der Waals surface area contributed by atoms with Crippen LogP contribution in [-0.2, 0) is 9.47 Å². The van der Waals surface area contributed by atoms with Gasteiger partial charge in [-0.2, -0.15) is 0 Å². The summed E-state index contributed by atoms with van der Waals surface area (Å²) in [7, 11) is 1.69. The number of methoxy groups -OCH3 is 1. The van der Waals surface area contributed by atoms with E-state index in [0.717, 1.165) is 24.0 Å². The minimum Gasteiger partial charge on any atom is -0.382 e. The zero-order chi connectivity index (χ0) is 13.2. The molecule has 1 aromatic rings. The standard InChI is InChI=1S/C14H22BrNO2/c1-3-8-16-11-14(18-10-9-17-2)12-4-6-13(15)7-5-12/h4-7,14,16H,3,8-11H2,1-2H3. The largest absolute Gasteiger partial charge is 0.382 e. The number of hydrogen-bond donors (Lipinski definition) is 1. The summed E-state index contributed by atoms with van der Waals surface area (Å²) in [6, 6.07) is 8.27. The second-order valence-electron chi connectivity index (χ2n) is 4.11. The lowest BCUT2D eigenvalue weighted by Gasteiger charge is -2.19. The Morgan fingerprint density at radius 2 is 1.94 bits per heavy atom. The van der Waals surface area contributed by atoms with Crippen LogP contribution < -0.4 is 5.32 Å². The molecule has 0 spiro atoms. The highest BCUT2D eigenvalue weighted by atomic mass is 79.9. The van der Waals surface area contributed by atoms with E-state index in [1.54, 1.807) is 7.11 Å². The zero-order valence-electron chi connectivity index (χ0n) is 11.1. The molecular weight excluding hydrogens is 294 g/mol. The predicted molar refractivity (Wildman–Crippen MR) is 77.9 cm³/mol. The minimum atomic E-state index is 0.0831. The summed E-state index contributed by atoms with van der Waals surface area (Å²) in [5, 5.41) is 3.40. The van der Waals surface area contributed by atoms with Crippen LogP contribution in [0.1, 0.15) is 25.0 Å². The third-order valence-corrected chi connectivity index (χ3v) is 3.13. The van der Waals surface area contributed by atoms with Crippen LogP contribution in [0.15, 0.2) is 28.7 Å². The summed E-state index contributed by atoms with van der Waals surface area (Å²) in [5.74, 6) is 0. The molecule has 0 aliphatic carbocycles. The summed E-state index contributed by atoms with van der Waals surface area (Å²) in [6.07, 6.45) is 1.21. The number of benzene rings is 1. The second-order valence-corrected chi connectivity index (χ2v) is 5.02. The lowest BCUT2D eigenvalue weighted by Crippen LogP contribution is -2.25. The van der Waals surface area contributed by atoms with Crippen molar-refractivity contribution in [1.82, 2.24) is 5.32 Å². The van der Waals surface area contributed by atoms with Crippen molar-refractivity contribution in [3.8, 4) is 0 Å². The van der Waals surface area contributed by atoms with Crippen molar-refractivity contribution in [3.05, 3.63) is 34.3 Å². The average molecular weight is 316 g/mol. The van der Waals surface area contributed by atoms with Crippen LogP contribution >= 0.6 is 15.9 Å². The minimum absolute atomic E-state index is 0.0831. The van der Waals surface area contributed by atoms with Crippen molar-refractivity contribution in [1.29, 1.82) is 0 Å². The van der Waals surface area contributed by atoms with Gasteiger partial charge >= 0.3 is 0 Å². The van der Waals surface area contributed by atoms with Crippen LogP contribution in [0.3, 0.4) is 0 Å². The van der Waals surface area contributed by atoms with Gasteiger partial charge in [-0.15, -0.1) is 0 Å². The molecule has 1 N–H and O–H groups in total. The van der Waals surface area contributed by atoms with E-state index >= 15 is 0 Å². The summed E-state index contributed by atoms with van der Waals surface area (Å²) < 4.78 is 12.0. The Morgan fingerprint density at radius 3 is 2.56 bits per heavy atom. The Labute approximate surface area is 118 Å². The molecule has 0 radical (unpaired) electrons. The molecule has 1 aromatic carbocycles. The molecule has 0 fully saturated rings. The van der Waals surface area contributed by atoms with Crippen LogP contribution in [0.2, 0.25) is 0 Å². The van der Waals surface area contributed by atoms with E-state index in [4.69, 9.17) is 9.47 Å². The number of halogens is 1. The van der Waals surface area contributed by atoms with E-state index in [1.165, 1.54) is 5.56 Å². The normalized spacial score (nSPS) is 12.6. The van der Waals surface area contributed by atoms with Crippen molar-refractivity contribution >= 4 is 15.9 Å². The van der Waals surface area contributed by atoms with Crippen LogP contribution in [0.4, 0.5) is 0 Å². The van der Waals surface area contributed by atoms with Crippen LogP contribution in [0.25, 0.3) is 0 Å². The quantitative estimate of drug-likeness (QED) is 0.710. The third-order valence-electron chi connectivity index (χ3n) is 2.60. The summed E-state index contributed by atoms with van der Waals surface area (Å²) in [6.45, 7) is 5.25. The molecule has 4 heteroatoms. The van der Waals surface area contributed by atoms with Gasteiger partial charge in [-0.1, -0.05) is 35.0 Å². The predicted octanol–water partition coefficient (Wildman–Crippen LogP) is 3.15. The second kappa shape index (κ2) is 9.50. The van der Waals surface area contributed by atoms with Crippen LogP contribution in [-0.4, -0.2) is 33.4 Å². The lowest BCUT2D eigenvalue weighted by atomic mass is 10.1. The molecule has 1 rings (SSSR count). The van der Waals surface area contributed by atoms with Gasteiger partial charge in [0.25, 0.3) is 0 Å². The summed E-state index contributed by atoms with van der Waals surface area (Å²) in [4.78, 5) is 0. The number of nitrogens with one attached hydrogen (secondary N) is 1. The van der Waals surface area contributed by atoms with Crippen molar-refractivity contribution in [2.45, 2.75) is 19.4 Å². The summed E-state index contributed by atoms with van der Waals surface area (Å²) in [5.41, 5.74) is 1.19. The smallest absolute Gasteiger partial charge is 0.0950 e. The van der Waals surface area contributed by atoms with Gasteiger partial charge in [-0.05, 0) is 30.7 Å². The highest BCUT2D eigenvalue weighted by molar-refractivity contribution is 9.10. The van der Waals surface area contributed by atoms with Gasteiger partial charge in [0, 0.05) is 18.1 Å². The van der Waals surface area contributed by atoms with Gasteiger partial charge in [0.1, 0.15) is 0 Å². The highest BCUT2D eigenvalue weighted by Gasteiger charge is 2.11. The molecule has 0 amide bonds. The highest BCUT2D eigenvalue weighted by Crippen LogP contribution is 2.19. The zero-order valence-corrected chi connectivity index (χ0v) is 12.7. The maximum absolute atomic E-state index is 5.85. The molecule has 0 aliphatic heterocycles. The number of rotatable bonds is 9. The molecule has 0 bridgehead atoms. The topological polar surface area (TPSA) is 30.5 Å².